The van der Waals surface area contributed by atoms with Crippen molar-refractivity contribution in [2.75, 3.05) is 4.72 Å². The van der Waals surface area contributed by atoms with Gasteiger partial charge in [-0.25, -0.2) is 8.42 Å². The lowest BCUT2D eigenvalue weighted by atomic mass is 10.0. The molecule has 12 heteroatoms. The number of alkyl halides is 3. The minimum Gasteiger partial charge on any atom is -0.322 e. The number of nitrogens with zero attached hydrogens (tertiary/aromatic N) is 1. The minimum atomic E-state index is -4.86. The van der Waals surface area contributed by atoms with Crippen molar-refractivity contribution in [1.29, 1.82) is 0 Å². The van der Waals surface area contributed by atoms with E-state index in [2.05, 4.69) is 10.0 Å². The third-order valence-electron chi connectivity index (χ3n) is 5.26. The standard InChI is InChI=1S/C20H16F3N3O5S/c21-20(22,23)14-3-1-2-4-16(14)32(30,31)25-12-5-6-13-11(9-12)10-26(19(13)29)15-7-8-17(27)24-18(15)28/h1-6,9,15,25H,7-8,10H2,(H,24,27,28). The van der Waals surface area contributed by atoms with Crippen molar-refractivity contribution in [3.05, 3.63) is 59.2 Å². The van der Waals surface area contributed by atoms with Gasteiger partial charge in [0.1, 0.15) is 6.04 Å². The zero-order chi connectivity index (χ0) is 23.3. The molecule has 4 rings (SSSR count). The molecule has 2 N–H and O–H groups in total. The normalized spacial score (nSPS) is 19.0. The van der Waals surface area contributed by atoms with Crippen LogP contribution >= 0.6 is 0 Å². The van der Waals surface area contributed by atoms with Gasteiger partial charge in [-0.15, -0.1) is 0 Å². The Morgan fingerprint density at radius 3 is 2.47 bits per heavy atom. The number of anilines is 1. The molecule has 2 heterocycles. The van der Waals surface area contributed by atoms with Gasteiger partial charge in [0, 0.05) is 24.2 Å². The van der Waals surface area contributed by atoms with Gasteiger partial charge >= 0.3 is 6.18 Å². The van der Waals surface area contributed by atoms with E-state index in [9.17, 15) is 36.0 Å². The van der Waals surface area contributed by atoms with Gasteiger partial charge in [0.2, 0.25) is 11.8 Å². The summed E-state index contributed by atoms with van der Waals surface area (Å²) in [4.78, 5) is 36.5. The largest absolute Gasteiger partial charge is 0.417 e. The van der Waals surface area contributed by atoms with Crippen molar-refractivity contribution in [2.45, 2.75) is 36.5 Å². The lowest BCUT2D eigenvalue weighted by molar-refractivity contribution is -0.140. The molecule has 1 fully saturated rings. The van der Waals surface area contributed by atoms with Gasteiger partial charge in [-0.1, -0.05) is 12.1 Å². The summed E-state index contributed by atoms with van der Waals surface area (Å²) in [5.74, 6) is -1.47. The second-order valence-corrected chi connectivity index (χ2v) is 9.02. The molecule has 0 aliphatic carbocycles. The van der Waals surface area contributed by atoms with E-state index in [0.29, 0.717) is 11.6 Å². The molecule has 2 aromatic carbocycles. The molecular formula is C20H16F3N3O5S. The number of hydrogen-bond acceptors (Lipinski definition) is 5. The van der Waals surface area contributed by atoms with Gasteiger partial charge in [0.15, 0.2) is 0 Å². The first-order valence-corrected chi connectivity index (χ1v) is 10.9. The van der Waals surface area contributed by atoms with Crippen molar-refractivity contribution in [1.82, 2.24) is 10.2 Å². The molecule has 8 nitrogen and oxygen atoms in total. The van der Waals surface area contributed by atoms with Crippen LogP contribution in [0.1, 0.15) is 34.3 Å². The monoisotopic (exact) mass is 467 g/mol. The molecule has 0 spiro atoms. The number of nitrogens with one attached hydrogen (secondary N) is 2. The number of sulfonamides is 1. The number of halogens is 3. The van der Waals surface area contributed by atoms with Crippen LogP contribution in [0.5, 0.6) is 0 Å². The topological polar surface area (TPSA) is 113 Å². The van der Waals surface area contributed by atoms with E-state index in [1.165, 1.54) is 29.2 Å². The number of imide groups is 1. The fourth-order valence-corrected chi connectivity index (χ4v) is 5.06. The summed E-state index contributed by atoms with van der Waals surface area (Å²) in [5, 5.41) is 2.18. The number of amides is 3. The number of rotatable bonds is 4. The molecule has 0 saturated carbocycles. The number of fused-ring (bicyclic) bond motifs is 1. The zero-order valence-electron chi connectivity index (χ0n) is 16.3. The second-order valence-electron chi connectivity index (χ2n) is 7.37. The molecule has 1 saturated heterocycles. The summed E-state index contributed by atoms with van der Waals surface area (Å²) in [6, 6.07) is 6.91. The second kappa shape index (κ2) is 7.62. The highest BCUT2D eigenvalue weighted by atomic mass is 32.2. The number of carbonyl (C=O) groups excluding carboxylic acids is 3. The van der Waals surface area contributed by atoms with E-state index in [-0.39, 0.29) is 30.6 Å². The van der Waals surface area contributed by atoms with Crippen LogP contribution in [0.4, 0.5) is 18.9 Å². The highest BCUT2D eigenvalue weighted by Crippen LogP contribution is 2.35. The Kier molecular flexibility index (Phi) is 5.19. The summed E-state index contributed by atoms with van der Waals surface area (Å²) < 4.78 is 67.1. The van der Waals surface area contributed by atoms with Gasteiger partial charge in [0.25, 0.3) is 15.9 Å². The predicted molar refractivity (Wildman–Crippen MR) is 105 cm³/mol. The maximum Gasteiger partial charge on any atom is 0.417 e. The first kappa shape index (κ1) is 21.8. The molecule has 0 aromatic heterocycles. The highest BCUT2D eigenvalue weighted by Gasteiger charge is 2.40. The fourth-order valence-electron chi connectivity index (χ4n) is 3.78. The van der Waals surface area contributed by atoms with E-state index in [1.807, 2.05) is 0 Å². The van der Waals surface area contributed by atoms with Crippen LogP contribution in [0.15, 0.2) is 47.4 Å². The molecule has 1 unspecified atom stereocenters. The number of piperidine rings is 1. The molecular weight excluding hydrogens is 451 g/mol. The Labute approximate surface area is 180 Å². The lowest BCUT2D eigenvalue weighted by Gasteiger charge is -2.29. The van der Waals surface area contributed by atoms with Crippen LogP contribution in [-0.2, 0) is 32.3 Å². The van der Waals surface area contributed by atoms with Crippen LogP contribution in [0.3, 0.4) is 0 Å². The summed E-state index contributed by atoms with van der Waals surface area (Å²) in [5.41, 5.74) is -0.677. The van der Waals surface area contributed by atoms with Crippen molar-refractivity contribution in [2.24, 2.45) is 0 Å². The predicted octanol–water partition coefficient (Wildman–Crippen LogP) is 2.27. The van der Waals surface area contributed by atoms with Gasteiger partial charge in [0.05, 0.1) is 10.5 Å². The zero-order valence-corrected chi connectivity index (χ0v) is 17.1. The Hall–Kier alpha value is -3.41. The Balaban J connectivity index is 1.59. The van der Waals surface area contributed by atoms with Crippen LogP contribution in [-0.4, -0.2) is 37.1 Å². The molecule has 2 aromatic rings. The minimum absolute atomic E-state index is 0.00481. The third-order valence-corrected chi connectivity index (χ3v) is 6.70. The SMILES string of the molecule is O=C1CCC(N2Cc3cc(NS(=O)(=O)c4ccccc4C(F)(F)F)ccc3C2=O)C(=O)N1. The average molecular weight is 467 g/mol. The maximum absolute atomic E-state index is 13.2. The van der Waals surface area contributed by atoms with Crippen LogP contribution in [0, 0.1) is 0 Å². The smallest absolute Gasteiger partial charge is 0.322 e. The molecule has 0 radical (unpaired) electrons. The summed E-state index contributed by atoms with van der Waals surface area (Å²) in [6.07, 6.45) is -4.61. The molecule has 168 valence electrons. The van der Waals surface area contributed by atoms with E-state index in [1.54, 1.807) is 0 Å². The average Bonchev–Trinajstić information content (AvgIpc) is 3.03. The molecule has 2 aliphatic heterocycles. The van der Waals surface area contributed by atoms with E-state index < -0.39 is 50.4 Å². The molecule has 1 atom stereocenters. The van der Waals surface area contributed by atoms with Crippen LogP contribution in [0.2, 0.25) is 0 Å². The van der Waals surface area contributed by atoms with Gasteiger partial charge in [-0.05, 0) is 42.3 Å². The number of carbonyl (C=O) groups is 3. The third kappa shape index (κ3) is 3.93. The summed E-state index contributed by atoms with van der Waals surface area (Å²) in [7, 11) is -4.58. The summed E-state index contributed by atoms with van der Waals surface area (Å²) >= 11 is 0. The Morgan fingerprint density at radius 1 is 1.06 bits per heavy atom. The Bertz CT molecular complexity index is 1240. The molecule has 0 bridgehead atoms. The van der Waals surface area contributed by atoms with E-state index in [4.69, 9.17) is 0 Å². The van der Waals surface area contributed by atoms with Gasteiger partial charge in [-0.3, -0.25) is 24.4 Å². The van der Waals surface area contributed by atoms with Gasteiger partial charge in [-0.2, -0.15) is 13.2 Å². The Morgan fingerprint density at radius 2 is 1.78 bits per heavy atom. The summed E-state index contributed by atoms with van der Waals surface area (Å²) in [6.45, 7) is -0.00481. The van der Waals surface area contributed by atoms with E-state index >= 15 is 0 Å². The lowest BCUT2D eigenvalue weighted by Crippen LogP contribution is -2.52. The molecule has 32 heavy (non-hydrogen) atoms. The van der Waals surface area contributed by atoms with Crippen molar-refractivity contribution in [3.63, 3.8) is 0 Å². The molecule has 3 amide bonds. The quantitative estimate of drug-likeness (QED) is 0.670. The van der Waals surface area contributed by atoms with Crippen molar-refractivity contribution in [3.8, 4) is 0 Å². The maximum atomic E-state index is 13.2. The van der Waals surface area contributed by atoms with Crippen LogP contribution < -0.4 is 10.0 Å². The number of hydrogen-bond donors (Lipinski definition) is 2. The number of benzene rings is 2. The highest BCUT2D eigenvalue weighted by molar-refractivity contribution is 7.92. The fraction of sp³-hybridized carbons (Fsp3) is 0.250. The van der Waals surface area contributed by atoms with E-state index in [0.717, 1.165) is 12.1 Å². The first-order chi connectivity index (χ1) is 15.0. The van der Waals surface area contributed by atoms with Gasteiger partial charge < -0.3 is 4.90 Å². The van der Waals surface area contributed by atoms with Crippen molar-refractivity contribution >= 4 is 33.4 Å². The molecule has 2 aliphatic rings. The van der Waals surface area contributed by atoms with Crippen molar-refractivity contribution < 1.29 is 36.0 Å². The first-order valence-electron chi connectivity index (χ1n) is 9.44. The van der Waals surface area contributed by atoms with Crippen LogP contribution in [0.25, 0.3) is 0 Å².